The first-order chi connectivity index (χ1) is 16.5. The number of carbonyl (C=O) groups is 1. The zero-order chi connectivity index (χ0) is 23.8. The zero-order valence-corrected chi connectivity index (χ0v) is 18.9. The summed E-state index contributed by atoms with van der Waals surface area (Å²) in [5, 5.41) is 5.59. The topological polar surface area (TPSA) is 108 Å². The molecule has 0 fully saturated rings. The maximum atomic E-state index is 12.7. The van der Waals surface area contributed by atoms with E-state index in [2.05, 4.69) is 16.5 Å². The second-order valence-electron chi connectivity index (χ2n) is 7.96. The van der Waals surface area contributed by atoms with Gasteiger partial charge in [-0.1, -0.05) is 24.8 Å². The Bertz CT molecular complexity index is 1410. The van der Waals surface area contributed by atoms with Crippen LogP contribution in [0.4, 0.5) is 11.5 Å². The Labute approximate surface area is 196 Å². The van der Waals surface area contributed by atoms with Gasteiger partial charge in [0.25, 0.3) is 0 Å². The lowest BCUT2D eigenvalue weighted by Gasteiger charge is -2.34. The highest BCUT2D eigenvalue weighted by Gasteiger charge is 2.31. The standard InChI is InChI=1S/C25H24N6O3/c1-4-21(32)30-13-17(11-15-7-5-6-8-18(15)30)31-25-22(24(26)27-14-28-25)23(29-31)16-9-10-19(33-2)20(12-16)34-3/h4-10,12,14,17H,1,11,13H2,2-3H3,(H2,26,27,28). The van der Waals surface area contributed by atoms with Gasteiger partial charge in [-0.3, -0.25) is 4.79 Å². The van der Waals surface area contributed by atoms with Crippen molar-refractivity contribution in [1.29, 1.82) is 0 Å². The van der Waals surface area contributed by atoms with E-state index in [-0.39, 0.29) is 11.9 Å². The first-order valence-corrected chi connectivity index (χ1v) is 10.8. The third-order valence-corrected chi connectivity index (χ3v) is 6.09. The molecule has 0 bridgehead atoms. The molecule has 0 aliphatic carbocycles. The van der Waals surface area contributed by atoms with E-state index < -0.39 is 0 Å². The Morgan fingerprint density at radius 2 is 1.94 bits per heavy atom. The minimum Gasteiger partial charge on any atom is -0.493 e. The van der Waals surface area contributed by atoms with Gasteiger partial charge in [-0.2, -0.15) is 5.10 Å². The number of fused-ring (bicyclic) bond motifs is 2. The number of hydrogen-bond donors (Lipinski definition) is 1. The molecular weight excluding hydrogens is 432 g/mol. The molecule has 1 aliphatic rings. The summed E-state index contributed by atoms with van der Waals surface area (Å²) in [5.41, 5.74) is 10.3. The van der Waals surface area contributed by atoms with Crippen LogP contribution in [0.15, 0.2) is 61.4 Å². The number of benzene rings is 2. The second kappa shape index (κ2) is 8.51. The summed E-state index contributed by atoms with van der Waals surface area (Å²) in [5.74, 6) is 1.35. The summed E-state index contributed by atoms with van der Waals surface area (Å²) in [7, 11) is 3.17. The molecule has 1 atom stereocenters. The highest BCUT2D eigenvalue weighted by Crippen LogP contribution is 2.38. The van der Waals surface area contributed by atoms with E-state index in [4.69, 9.17) is 20.3 Å². The number of anilines is 2. The third-order valence-electron chi connectivity index (χ3n) is 6.09. The fourth-order valence-electron chi connectivity index (χ4n) is 4.49. The summed E-state index contributed by atoms with van der Waals surface area (Å²) in [6.07, 6.45) is 3.44. The maximum absolute atomic E-state index is 12.7. The number of para-hydroxylation sites is 1. The van der Waals surface area contributed by atoms with Gasteiger partial charge in [0, 0.05) is 17.8 Å². The predicted octanol–water partition coefficient (Wildman–Crippen LogP) is 3.41. The van der Waals surface area contributed by atoms with Crippen LogP contribution >= 0.6 is 0 Å². The second-order valence-corrected chi connectivity index (χ2v) is 7.96. The fraction of sp³-hybridized carbons (Fsp3) is 0.200. The molecule has 1 unspecified atom stereocenters. The minimum atomic E-state index is -0.164. The predicted molar refractivity (Wildman–Crippen MR) is 130 cm³/mol. The van der Waals surface area contributed by atoms with Crippen LogP contribution in [0, 0.1) is 0 Å². The molecule has 9 nitrogen and oxygen atoms in total. The number of rotatable bonds is 5. The van der Waals surface area contributed by atoms with Gasteiger partial charge in [0.2, 0.25) is 5.91 Å². The average molecular weight is 457 g/mol. The van der Waals surface area contributed by atoms with Gasteiger partial charge in [0.15, 0.2) is 17.1 Å². The van der Waals surface area contributed by atoms with Gasteiger partial charge < -0.3 is 20.1 Å². The van der Waals surface area contributed by atoms with E-state index in [1.54, 1.807) is 19.1 Å². The highest BCUT2D eigenvalue weighted by atomic mass is 16.5. The monoisotopic (exact) mass is 456 g/mol. The lowest BCUT2D eigenvalue weighted by Crippen LogP contribution is -2.40. The number of aromatic nitrogens is 4. The van der Waals surface area contributed by atoms with Crippen LogP contribution < -0.4 is 20.1 Å². The van der Waals surface area contributed by atoms with Crippen molar-refractivity contribution in [3.8, 4) is 22.8 Å². The van der Waals surface area contributed by atoms with Crippen molar-refractivity contribution in [1.82, 2.24) is 19.7 Å². The summed E-state index contributed by atoms with van der Waals surface area (Å²) in [6, 6.07) is 13.3. The Morgan fingerprint density at radius 3 is 2.71 bits per heavy atom. The number of nitrogens with two attached hydrogens (primary N) is 1. The molecule has 0 spiro atoms. The van der Waals surface area contributed by atoms with E-state index in [0.29, 0.717) is 47.0 Å². The number of ether oxygens (including phenoxy) is 2. The molecule has 3 heterocycles. The Kier molecular flexibility index (Phi) is 5.37. The van der Waals surface area contributed by atoms with Crippen molar-refractivity contribution in [2.24, 2.45) is 0 Å². The van der Waals surface area contributed by atoms with Crippen LogP contribution in [0.2, 0.25) is 0 Å². The Balaban J connectivity index is 1.67. The lowest BCUT2D eigenvalue weighted by atomic mass is 9.97. The van der Waals surface area contributed by atoms with Crippen LogP contribution in [0.5, 0.6) is 11.5 Å². The van der Waals surface area contributed by atoms with E-state index in [1.165, 1.54) is 12.4 Å². The number of carbonyl (C=O) groups excluding carboxylic acids is 1. The van der Waals surface area contributed by atoms with E-state index >= 15 is 0 Å². The molecule has 0 saturated heterocycles. The van der Waals surface area contributed by atoms with Gasteiger partial charge in [0.1, 0.15) is 17.8 Å². The zero-order valence-electron chi connectivity index (χ0n) is 18.9. The molecule has 2 aromatic carbocycles. The first-order valence-electron chi connectivity index (χ1n) is 10.8. The van der Waals surface area contributed by atoms with Gasteiger partial charge >= 0.3 is 0 Å². The van der Waals surface area contributed by atoms with Crippen molar-refractivity contribution in [2.45, 2.75) is 12.5 Å². The number of nitrogens with zero attached hydrogens (tertiary/aromatic N) is 5. The maximum Gasteiger partial charge on any atom is 0.250 e. The number of methoxy groups -OCH3 is 2. The quantitative estimate of drug-likeness (QED) is 0.459. The van der Waals surface area contributed by atoms with Crippen LogP contribution in [0.3, 0.4) is 0 Å². The summed E-state index contributed by atoms with van der Waals surface area (Å²) in [6.45, 7) is 4.09. The number of nitrogen functional groups attached to an aromatic ring is 1. The largest absolute Gasteiger partial charge is 0.493 e. The molecule has 5 rings (SSSR count). The lowest BCUT2D eigenvalue weighted by molar-refractivity contribution is -0.114. The number of hydrogen-bond acceptors (Lipinski definition) is 7. The molecule has 4 aromatic rings. The molecule has 172 valence electrons. The Hall–Kier alpha value is -4.40. The summed E-state index contributed by atoms with van der Waals surface area (Å²) >= 11 is 0. The van der Waals surface area contributed by atoms with Crippen LogP contribution in [0.1, 0.15) is 11.6 Å². The van der Waals surface area contributed by atoms with Crippen molar-refractivity contribution in [2.75, 3.05) is 31.4 Å². The normalized spacial score (nSPS) is 15.1. The molecule has 1 amide bonds. The average Bonchev–Trinajstić information content (AvgIpc) is 3.28. The minimum absolute atomic E-state index is 0.163. The van der Waals surface area contributed by atoms with Gasteiger partial charge in [-0.05, 0) is 42.3 Å². The van der Waals surface area contributed by atoms with E-state index in [9.17, 15) is 4.79 Å². The summed E-state index contributed by atoms with van der Waals surface area (Å²) < 4.78 is 12.7. The molecule has 1 aliphatic heterocycles. The van der Waals surface area contributed by atoms with E-state index in [0.717, 1.165) is 16.8 Å². The third kappa shape index (κ3) is 3.42. The van der Waals surface area contributed by atoms with Crippen LogP contribution in [0.25, 0.3) is 22.3 Å². The SMILES string of the molecule is C=CC(=O)N1CC(n2nc(-c3ccc(OC)c(OC)c3)c3c(N)ncnc32)Cc2ccccc21. The molecule has 2 N–H and O–H groups in total. The van der Waals surface area contributed by atoms with Crippen molar-refractivity contribution >= 4 is 28.4 Å². The molecular formula is C25H24N6O3. The fourth-order valence-corrected chi connectivity index (χ4v) is 4.49. The smallest absolute Gasteiger partial charge is 0.250 e. The van der Waals surface area contributed by atoms with Crippen molar-refractivity contribution in [3.05, 3.63) is 67.0 Å². The van der Waals surface area contributed by atoms with Crippen molar-refractivity contribution in [3.63, 3.8) is 0 Å². The van der Waals surface area contributed by atoms with Gasteiger partial charge in [-0.25, -0.2) is 14.6 Å². The van der Waals surface area contributed by atoms with Crippen LogP contribution in [-0.4, -0.2) is 46.4 Å². The van der Waals surface area contributed by atoms with Crippen LogP contribution in [-0.2, 0) is 11.2 Å². The van der Waals surface area contributed by atoms with Gasteiger partial charge in [-0.15, -0.1) is 0 Å². The van der Waals surface area contributed by atoms with Crippen molar-refractivity contribution < 1.29 is 14.3 Å². The molecule has 0 radical (unpaired) electrons. The number of amides is 1. The molecule has 0 saturated carbocycles. The molecule has 34 heavy (non-hydrogen) atoms. The highest BCUT2D eigenvalue weighted by molar-refractivity contribution is 6.02. The summed E-state index contributed by atoms with van der Waals surface area (Å²) in [4.78, 5) is 23.1. The Morgan fingerprint density at radius 1 is 1.15 bits per heavy atom. The first kappa shape index (κ1) is 21.4. The van der Waals surface area contributed by atoms with Gasteiger partial charge in [0.05, 0.1) is 25.6 Å². The molecule has 9 heteroatoms. The van der Waals surface area contributed by atoms with E-state index in [1.807, 2.05) is 47.1 Å². The molecule has 2 aromatic heterocycles.